The van der Waals surface area contributed by atoms with Crippen molar-refractivity contribution in [3.63, 3.8) is 0 Å². The number of benzene rings is 1. The molecule has 0 aliphatic carbocycles. The Bertz CT molecular complexity index is 372. The van der Waals surface area contributed by atoms with E-state index in [0.717, 1.165) is 17.9 Å². The quantitative estimate of drug-likeness (QED) is 0.657. The van der Waals surface area contributed by atoms with Gasteiger partial charge in [-0.2, -0.15) is 0 Å². The van der Waals surface area contributed by atoms with E-state index in [2.05, 4.69) is 4.90 Å². The second kappa shape index (κ2) is 8.74. The third-order valence-corrected chi connectivity index (χ3v) is 2.81. The molecular formula is C14H24N2O3. The van der Waals surface area contributed by atoms with Gasteiger partial charge in [0.1, 0.15) is 5.75 Å². The second-order valence-electron chi connectivity index (χ2n) is 4.29. The van der Waals surface area contributed by atoms with E-state index >= 15 is 0 Å². The molecule has 0 amide bonds. The average Bonchev–Trinajstić information content (AvgIpc) is 2.39. The maximum atomic E-state index is 9.10. The van der Waals surface area contributed by atoms with Crippen LogP contribution in [-0.2, 0) is 11.3 Å². The molecule has 0 aromatic heterocycles. The van der Waals surface area contributed by atoms with Crippen LogP contribution in [0.15, 0.2) is 18.2 Å². The van der Waals surface area contributed by atoms with Gasteiger partial charge in [0.15, 0.2) is 0 Å². The van der Waals surface area contributed by atoms with Crippen LogP contribution >= 0.6 is 0 Å². The number of hydrogen-bond donors (Lipinski definition) is 2. The van der Waals surface area contributed by atoms with E-state index in [-0.39, 0.29) is 6.61 Å². The predicted octanol–water partition coefficient (Wildman–Crippen LogP) is 1.11. The van der Waals surface area contributed by atoms with Crippen molar-refractivity contribution in [2.45, 2.75) is 13.5 Å². The molecule has 5 heteroatoms. The first-order chi connectivity index (χ1) is 9.21. The third kappa shape index (κ3) is 5.46. The number of methoxy groups -OCH3 is 1. The zero-order chi connectivity index (χ0) is 14.1. The number of aliphatic hydroxyl groups is 1. The van der Waals surface area contributed by atoms with Crippen LogP contribution in [0.2, 0.25) is 0 Å². The molecule has 0 aliphatic heterocycles. The molecular weight excluding hydrogens is 244 g/mol. The largest absolute Gasteiger partial charge is 0.494 e. The maximum absolute atomic E-state index is 9.10. The normalized spacial score (nSPS) is 10.9. The zero-order valence-electron chi connectivity index (χ0n) is 11.8. The fourth-order valence-corrected chi connectivity index (χ4v) is 1.89. The minimum Gasteiger partial charge on any atom is -0.494 e. The molecule has 0 fully saturated rings. The number of nitrogens with zero attached hydrogens (tertiary/aromatic N) is 1. The van der Waals surface area contributed by atoms with Gasteiger partial charge in [0.05, 0.1) is 19.8 Å². The molecule has 108 valence electrons. The molecule has 5 nitrogen and oxygen atoms in total. The van der Waals surface area contributed by atoms with Crippen molar-refractivity contribution in [1.29, 1.82) is 0 Å². The van der Waals surface area contributed by atoms with Gasteiger partial charge in [-0.15, -0.1) is 0 Å². The van der Waals surface area contributed by atoms with Crippen molar-refractivity contribution >= 4 is 5.69 Å². The topological polar surface area (TPSA) is 68.0 Å². The Labute approximate surface area is 114 Å². The fourth-order valence-electron chi connectivity index (χ4n) is 1.89. The van der Waals surface area contributed by atoms with Gasteiger partial charge in [0.25, 0.3) is 0 Å². The van der Waals surface area contributed by atoms with Gasteiger partial charge in [0.2, 0.25) is 0 Å². The molecule has 0 bridgehead atoms. The number of nitrogen functional groups attached to an aromatic ring is 1. The van der Waals surface area contributed by atoms with Crippen molar-refractivity contribution < 1.29 is 14.6 Å². The minimum atomic E-state index is 0.121. The van der Waals surface area contributed by atoms with Gasteiger partial charge in [0, 0.05) is 38.0 Å². The van der Waals surface area contributed by atoms with E-state index in [1.54, 1.807) is 7.11 Å². The third-order valence-electron chi connectivity index (χ3n) is 2.81. The van der Waals surface area contributed by atoms with Crippen LogP contribution in [0.25, 0.3) is 0 Å². The van der Waals surface area contributed by atoms with Gasteiger partial charge < -0.3 is 20.3 Å². The van der Waals surface area contributed by atoms with E-state index in [4.69, 9.17) is 20.3 Å². The first-order valence-electron chi connectivity index (χ1n) is 6.54. The summed E-state index contributed by atoms with van der Waals surface area (Å²) in [5.74, 6) is 0.844. The summed E-state index contributed by atoms with van der Waals surface area (Å²) < 4.78 is 10.7. The second-order valence-corrected chi connectivity index (χ2v) is 4.29. The minimum absolute atomic E-state index is 0.121. The Balaban J connectivity index is 2.77. The predicted molar refractivity (Wildman–Crippen MR) is 76.3 cm³/mol. The fraction of sp³-hybridized carbons (Fsp3) is 0.571. The first kappa shape index (κ1) is 15.8. The SMILES string of the molecule is CCOc1ccc(N)cc1CN(CCO)CCOC. The molecule has 19 heavy (non-hydrogen) atoms. The van der Waals surface area contributed by atoms with Crippen LogP contribution in [0, 0.1) is 0 Å². The number of anilines is 1. The van der Waals surface area contributed by atoms with Crippen molar-refractivity contribution in [2.75, 3.05) is 45.8 Å². The van der Waals surface area contributed by atoms with E-state index in [0.29, 0.717) is 32.0 Å². The highest BCUT2D eigenvalue weighted by Gasteiger charge is 2.10. The monoisotopic (exact) mass is 268 g/mol. The van der Waals surface area contributed by atoms with Crippen molar-refractivity contribution in [2.24, 2.45) is 0 Å². The summed E-state index contributed by atoms with van der Waals surface area (Å²) in [7, 11) is 1.67. The maximum Gasteiger partial charge on any atom is 0.123 e. The number of nitrogens with two attached hydrogens (primary N) is 1. The Hall–Kier alpha value is -1.30. The zero-order valence-corrected chi connectivity index (χ0v) is 11.8. The van der Waals surface area contributed by atoms with Gasteiger partial charge in [-0.05, 0) is 25.1 Å². The smallest absolute Gasteiger partial charge is 0.123 e. The highest BCUT2D eigenvalue weighted by molar-refractivity contribution is 5.47. The van der Waals surface area contributed by atoms with E-state index in [1.807, 2.05) is 25.1 Å². The number of hydrogen-bond acceptors (Lipinski definition) is 5. The molecule has 0 spiro atoms. The Kier molecular flexibility index (Phi) is 7.25. The lowest BCUT2D eigenvalue weighted by atomic mass is 10.1. The van der Waals surface area contributed by atoms with Crippen molar-refractivity contribution in [3.8, 4) is 5.75 Å². The molecule has 0 unspecified atom stereocenters. The van der Waals surface area contributed by atoms with E-state index in [9.17, 15) is 0 Å². The van der Waals surface area contributed by atoms with Gasteiger partial charge in [-0.1, -0.05) is 0 Å². The van der Waals surface area contributed by atoms with Gasteiger partial charge in [-0.25, -0.2) is 0 Å². The molecule has 1 aromatic carbocycles. The Morgan fingerprint density at radius 3 is 2.74 bits per heavy atom. The Morgan fingerprint density at radius 1 is 1.32 bits per heavy atom. The molecule has 0 saturated carbocycles. The lowest BCUT2D eigenvalue weighted by Gasteiger charge is -2.22. The number of ether oxygens (including phenoxy) is 2. The summed E-state index contributed by atoms with van der Waals surface area (Å²) in [5.41, 5.74) is 7.58. The van der Waals surface area contributed by atoms with Crippen molar-refractivity contribution in [3.05, 3.63) is 23.8 Å². The highest BCUT2D eigenvalue weighted by atomic mass is 16.5. The lowest BCUT2D eigenvalue weighted by molar-refractivity contribution is 0.126. The van der Waals surface area contributed by atoms with Crippen LogP contribution in [0.5, 0.6) is 5.75 Å². The van der Waals surface area contributed by atoms with Crippen LogP contribution in [0.1, 0.15) is 12.5 Å². The molecule has 0 atom stereocenters. The molecule has 0 saturated heterocycles. The van der Waals surface area contributed by atoms with Crippen LogP contribution < -0.4 is 10.5 Å². The number of rotatable bonds is 9. The summed E-state index contributed by atoms with van der Waals surface area (Å²) in [6.45, 7) is 5.37. The highest BCUT2D eigenvalue weighted by Crippen LogP contribution is 2.23. The molecule has 1 rings (SSSR count). The summed E-state index contributed by atoms with van der Waals surface area (Å²) in [6, 6.07) is 5.64. The molecule has 1 aromatic rings. The molecule has 0 heterocycles. The van der Waals surface area contributed by atoms with Gasteiger partial charge >= 0.3 is 0 Å². The summed E-state index contributed by atoms with van der Waals surface area (Å²) in [4.78, 5) is 2.11. The van der Waals surface area contributed by atoms with Gasteiger partial charge in [-0.3, -0.25) is 4.90 Å². The molecule has 3 N–H and O–H groups in total. The standard InChI is InChI=1S/C14H24N2O3/c1-3-19-14-5-4-13(15)10-12(14)11-16(6-8-17)7-9-18-2/h4-5,10,17H,3,6-9,11,15H2,1-2H3. The average molecular weight is 268 g/mol. The Morgan fingerprint density at radius 2 is 2.11 bits per heavy atom. The molecule has 0 aliphatic rings. The lowest BCUT2D eigenvalue weighted by Crippen LogP contribution is -2.30. The van der Waals surface area contributed by atoms with E-state index < -0.39 is 0 Å². The van der Waals surface area contributed by atoms with Crippen LogP contribution in [0.3, 0.4) is 0 Å². The van der Waals surface area contributed by atoms with E-state index in [1.165, 1.54) is 0 Å². The summed E-state index contributed by atoms with van der Waals surface area (Å²) in [6.07, 6.45) is 0. The first-order valence-corrected chi connectivity index (χ1v) is 6.54. The van der Waals surface area contributed by atoms with Crippen molar-refractivity contribution in [1.82, 2.24) is 4.90 Å². The van der Waals surface area contributed by atoms with Crippen LogP contribution in [-0.4, -0.2) is 50.0 Å². The molecule has 0 radical (unpaired) electrons. The van der Waals surface area contributed by atoms with Crippen LogP contribution in [0.4, 0.5) is 5.69 Å². The number of aliphatic hydroxyl groups excluding tert-OH is 1. The summed E-state index contributed by atoms with van der Waals surface area (Å²) in [5, 5.41) is 9.10. The summed E-state index contributed by atoms with van der Waals surface area (Å²) >= 11 is 0.